The van der Waals surface area contributed by atoms with Crippen LogP contribution in [0.5, 0.6) is 0 Å². The standard InChI is InChI=1S/C10H15Br3Cl2O/c1-9(16,6-11)4-3-7(12)10(2,15)8(13)5-14/h3-4,7-8,16H,5-6H2,1-2H3/b4-3+. The quantitative estimate of drug-likeness (QED) is 0.458. The molecule has 0 aromatic heterocycles. The van der Waals surface area contributed by atoms with Gasteiger partial charge in [-0.3, -0.25) is 0 Å². The molecule has 0 saturated heterocycles. The van der Waals surface area contributed by atoms with Crippen LogP contribution in [0.1, 0.15) is 13.8 Å². The van der Waals surface area contributed by atoms with Gasteiger partial charge in [-0.15, -0.1) is 23.2 Å². The molecule has 1 N–H and O–H groups in total. The van der Waals surface area contributed by atoms with Gasteiger partial charge in [0.2, 0.25) is 0 Å². The third-order valence-corrected chi connectivity index (χ3v) is 7.56. The highest BCUT2D eigenvalue weighted by Gasteiger charge is 2.35. The van der Waals surface area contributed by atoms with Gasteiger partial charge in [0, 0.05) is 16.0 Å². The Hall–Kier alpha value is 1.72. The summed E-state index contributed by atoms with van der Waals surface area (Å²) in [5.41, 5.74) is -0.873. The van der Waals surface area contributed by atoms with Gasteiger partial charge < -0.3 is 5.11 Å². The van der Waals surface area contributed by atoms with Gasteiger partial charge in [0.25, 0.3) is 0 Å². The molecule has 0 aliphatic heterocycles. The zero-order valence-corrected chi connectivity index (χ0v) is 15.3. The summed E-state index contributed by atoms with van der Waals surface area (Å²) in [6.07, 6.45) is 3.56. The Bertz CT molecular complexity index is 244. The number of rotatable bonds is 6. The Morgan fingerprint density at radius 2 is 1.88 bits per heavy atom. The van der Waals surface area contributed by atoms with Crippen LogP contribution >= 0.6 is 71.0 Å². The van der Waals surface area contributed by atoms with E-state index in [1.807, 2.05) is 13.0 Å². The molecule has 4 unspecified atom stereocenters. The van der Waals surface area contributed by atoms with Crippen molar-refractivity contribution in [1.82, 2.24) is 0 Å². The summed E-state index contributed by atoms with van der Waals surface area (Å²) >= 11 is 22.3. The first-order valence-electron chi connectivity index (χ1n) is 4.68. The lowest BCUT2D eigenvalue weighted by Gasteiger charge is -2.30. The lowest BCUT2D eigenvalue weighted by atomic mass is 10.0. The van der Waals surface area contributed by atoms with Gasteiger partial charge in [-0.2, -0.15) is 0 Å². The molecule has 96 valence electrons. The molecule has 0 amide bonds. The fraction of sp³-hybridized carbons (Fsp3) is 0.800. The topological polar surface area (TPSA) is 20.2 Å². The van der Waals surface area contributed by atoms with Crippen molar-refractivity contribution in [3.63, 3.8) is 0 Å². The number of alkyl halides is 5. The first-order valence-corrected chi connectivity index (χ1v) is 8.54. The van der Waals surface area contributed by atoms with Crippen molar-refractivity contribution in [3.8, 4) is 0 Å². The first kappa shape index (κ1) is 17.7. The lowest BCUT2D eigenvalue weighted by molar-refractivity contribution is 0.139. The minimum Gasteiger partial charge on any atom is -0.385 e. The number of allylic oxidation sites excluding steroid dienone is 1. The van der Waals surface area contributed by atoms with Gasteiger partial charge in [0.05, 0.1) is 15.3 Å². The van der Waals surface area contributed by atoms with E-state index in [2.05, 4.69) is 47.8 Å². The van der Waals surface area contributed by atoms with E-state index >= 15 is 0 Å². The molecule has 0 rings (SSSR count). The Morgan fingerprint density at radius 1 is 1.38 bits per heavy atom. The predicted molar refractivity (Wildman–Crippen MR) is 84.0 cm³/mol. The average Bonchev–Trinajstić information content (AvgIpc) is 2.24. The van der Waals surface area contributed by atoms with E-state index in [-0.39, 0.29) is 9.65 Å². The van der Waals surface area contributed by atoms with Crippen molar-refractivity contribution in [2.75, 3.05) is 11.2 Å². The van der Waals surface area contributed by atoms with Gasteiger partial charge in [-0.05, 0) is 13.8 Å². The van der Waals surface area contributed by atoms with Gasteiger partial charge in [0.15, 0.2) is 0 Å². The number of halogens is 5. The zero-order valence-electron chi connectivity index (χ0n) is 9.06. The zero-order chi connectivity index (χ0) is 13.0. The van der Waals surface area contributed by atoms with E-state index in [1.54, 1.807) is 13.0 Å². The molecule has 16 heavy (non-hydrogen) atoms. The van der Waals surface area contributed by atoms with Crippen molar-refractivity contribution < 1.29 is 5.11 Å². The summed E-state index contributed by atoms with van der Waals surface area (Å²) in [4.78, 5) is -0.665. The summed E-state index contributed by atoms with van der Waals surface area (Å²) in [6.45, 7) is 3.61. The Labute approximate surface area is 132 Å². The maximum atomic E-state index is 9.80. The molecule has 0 spiro atoms. The van der Waals surface area contributed by atoms with E-state index < -0.39 is 10.5 Å². The minimum atomic E-state index is -0.873. The molecule has 0 aromatic rings. The predicted octanol–water partition coefficient (Wildman–Crippen LogP) is 4.45. The Morgan fingerprint density at radius 3 is 2.25 bits per heavy atom. The highest BCUT2D eigenvalue weighted by molar-refractivity contribution is 9.10. The van der Waals surface area contributed by atoms with E-state index in [9.17, 15) is 5.11 Å². The molecular formula is C10H15Br3Cl2O. The second-order valence-electron chi connectivity index (χ2n) is 4.02. The van der Waals surface area contributed by atoms with Crippen molar-refractivity contribution >= 4 is 71.0 Å². The maximum absolute atomic E-state index is 9.80. The molecule has 0 aliphatic carbocycles. The van der Waals surface area contributed by atoms with Crippen molar-refractivity contribution in [3.05, 3.63) is 12.2 Å². The normalized spacial score (nSPS) is 23.8. The van der Waals surface area contributed by atoms with Crippen LogP contribution in [0, 0.1) is 0 Å². The summed E-state index contributed by atoms with van der Waals surface area (Å²) in [7, 11) is 0. The third-order valence-electron chi connectivity index (χ3n) is 2.18. The second kappa shape index (κ2) is 7.34. The SMILES string of the molecule is CC(O)(/C=C/C(Br)C(C)(Cl)C(Br)CCl)CBr. The van der Waals surface area contributed by atoms with E-state index in [4.69, 9.17) is 23.2 Å². The smallest absolute Gasteiger partial charge is 0.0896 e. The summed E-state index contributed by atoms with van der Waals surface area (Å²) in [6, 6.07) is 0. The second-order valence-corrected chi connectivity index (χ2v) is 7.80. The highest BCUT2D eigenvalue weighted by Crippen LogP contribution is 2.35. The summed E-state index contributed by atoms with van der Waals surface area (Å²) < 4.78 is 0. The van der Waals surface area contributed by atoms with Gasteiger partial charge in [-0.1, -0.05) is 59.9 Å². The summed E-state index contributed by atoms with van der Waals surface area (Å²) in [5, 5.41) is 10.3. The monoisotopic (exact) mass is 458 g/mol. The molecule has 0 fully saturated rings. The lowest BCUT2D eigenvalue weighted by Crippen LogP contribution is -2.39. The average molecular weight is 462 g/mol. The van der Waals surface area contributed by atoms with Gasteiger partial charge >= 0.3 is 0 Å². The molecule has 4 atom stereocenters. The molecular weight excluding hydrogens is 447 g/mol. The van der Waals surface area contributed by atoms with Crippen molar-refractivity contribution in [1.29, 1.82) is 0 Å². The van der Waals surface area contributed by atoms with E-state index in [0.717, 1.165) is 0 Å². The molecule has 0 bridgehead atoms. The van der Waals surface area contributed by atoms with Crippen LogP contribution < -0.4 is 0 Å². The van der Waals surface area contributed by atoms with E-state index in [1.165, 1.54) is 0 Å². The molecule has 0 aliphatic rings. The Kier molecular flexibility index (Phi) is 8.13. The van der Waals surface area contributed by atoms with Crippen molar-refractivity contribution in [2.24, 2.45) is 0 Å². The van der Waals surface area contributed by atoms with Crippen LogP contribution in [-0.4, -0.2) is 36.4 Å². The van der Waals surface area contributed by atoms with Crippen LogP contribution in [0.25, 0.3) is 0 Å². The molecule has 1 nitrogen and oxygen atoms in total. The fourth-order valence-electron chi connectivity index (χ4n) is 0.848. The largest absolute Gasteiger partial charge is 0.385 e. The van der Waals surface area contributed by atoms with Crippen molar-refractivity contribution in [2.45, 2.75) is 34.0 Å². The van der Waals surface area contributed by atoms with Crippen LogP contribution in [0.3, 0.4) is 0 Å². The Balaban J connectivity index is 4.63. The maximum Gasteiger partial charge on any atom is 0.0896 e. The number of hydrogen-bond donors (Lipinski definition) is 1. The van der Waals surface area contributed by atoms with Crippen LogP contribution in [0.4, 0.5) is 0 Å². The molecule has 0 radical (unpaired) electrons. The van der Waals surface area contributed by atoms with E-state index in [0.29, 0.717) is 11.2 Å². The first-order chi connectivity index (χ1) is 7.17. The molecule has 0 heterocycles. The van der Waals surface area contributed by atoms with Crippen LogP contribution in [0.2, 0.25) is 0 Å². The molecule has 0 aromatic carbocycles. The number of aliphatic hydroxyl groups is 1. The molecule has 0 saturated carbocycles. The minimum absolute atomic E-state index is 0.0220. The summed E-state index contributed by atoms with van der Waals surface area (Å²) in [5.74, 6) is 0.421. The highest BCUT2D eigenvalue weighted by atomic mass is 79.9. The molecule has 6 heteroatoms. The van der Waals surface area contributed by atoms with Gasteiger partial charge in [-0.25, -0.2) is 0 Å². The third kappa shape index (κ3) is 5.57. The number of hydrogen-bond acceptors (Lipinski definition) is 1. The van der Waals surface area contributed by atoms with Crippen LogP contribution in [0.15, 0.2) is 12.2 Å². The fourth-order valence-corrected chi connectivity index (χ4v) is 2.70. The van der Waals surface area contributed by atoms with Crippen LogP contribution in [-0.2, 0) is 0 Å². The van der Waals surface area contributed by atoms with Gasteiger partial charge in [0.1, 0.15) is 0 Å².